The highest BCUT2D eigenvalue weighted by molar-refractivity contribution is 6.31. The second-order valence-electron chi connectivity index (χ2n) is 4.28. The van der Waals surface area contributed by atoms with E-state index in [-0.39, 0.29) is 0 Å². The topological polar surface area (TPSA) is 29.9 Å². The van der Waals surface area contributed by atoms with Gasteiger partial charge in [0.2, 0.25) is 0 Å². The fourth-order valence-corrected chi connectivity index (χ4v) is 2.44. The number of aromatic nitrogens is 2. The second-order valence-corrected chi connectivity index (χ2v) is 4.69. The summed E-state index contributed by atoms with van der Waals surface area (Å²) in [6, 6.07) is 7.98. The molecule has 88 valence electrons. The first kappa shape index (κ1) is 10.8. The summed E-state index contributed by atoms with van der Waals surface area (Å²) in [6.45, 7) is 2.72. The van der Waals surface area contributed by atoms with Gasteiger partial charge in [-0.05, 0) is 11.6 Å². The van der Waals surface area contributed by atoms with Crippen molar-refractivity contribution in [3.05, 3.63) is 52.6 Å². The number of halogens is 1. The third-order valence-corrected chi connectivity index (χ3v) is 3.53. The van der Waals surface area contributed by atoms with Crippen LogP contribution in [0.25, 0.3) is 0 Å². The van der Waals surface area contributed by atoms with E-state index in [2.05, 4.69) is 20.9 Å². The summed E-state index contributed by atoms with van der Waals surface area (Å²) in [7, 11) is 0. The minimum Gasteiger partial charge on any atom is -0.330 e. The predicted molar refractivity (Wildman–Crippen MR) is 68.2 cm³/mol. The number of fused-ring (bicyclic) bond motifs is 1. The molecule has 3 rings (SSSR count). The van der Waals surface area contributed by atoms with Crippen LogP contribution in [-0.2, 0) is 19.5 Å². The minimum absolute atomic E-state index is 0.808. The Balaban J connectivity index is 1.91. The lowest BCUT2D eigenvalue weighted by atomic mass is 10.1. The van der Waals surface area contributed by atoms with Gasteiger partial charge in [0.1, 0.15) is 0 Å². The molecule has 0 radical (unpaired) electrons. The Morgan fingerprint density at radius 3 is 3.12 bits per heavy atom. The molecule has 0 spiro atoms. The van der Waals surface area contributed by atoms with Crippen molar-refractivity contribution in [1.82, 2.24) is 14.9 Å². The van der Waals surface area contributed by atoms with Crippen molar-refractivity contribution < 1.29 is 0 Å². The first-order chi connectivity index (χ1) is 8.34. The van der Waals surface area contributed by atoms with Gasteiger partial charge in [0.15, 0.2) is 0 Å². The maximum absolute atomic E-state index is 6.18. The first-order valence-electron chi connectivity index (χ1n) is 5.81. The van der Waals surface area contributed by atoms with Crippen LogP contribution in [0, 0.1) is 0 Å². The van der Waals surface area contributed by atoms with Crippen molar-refractivity contribution in [3.8, 4) is 0 Å². The summed E-state index contributed by atoms with van der Waals surface area (Å²) in [4.78, 5) is 4.44. The third kappa shape index (κ3) is 2.08. The van der Waals surface area contributed by atoms with Crippen LogP contribution in [-0.4, -0.2) is 16.1 Å². The van der Waals surface area contributed by atoms with Crippen molar-refractivity contribution in [3.63, 3.8) is 0 Å². The molecule has 1 N–H and O–H groups in total. The van der Waals surface area contributed by atoms with E-state index < -0.39 is 0 Å². The van der Waals surface area contributed by atoms with E-state index in [1.54, 1.807) is 0 Å². The number of hydrogen-bond donors (Lipinski definition) is 1. The Labute approximate surface area is 105 Å². The van der Waals surface area contributed by atoms with Crippen LogP contribution in [0.15, 0.2) is 30.6 Å². The van der Waals surface area contributed by atoms with Crippen LogP contribution in [0.3, 0.4) is 0 Å². The van der Waals surface area contributed by atoms with E-state index >= 15 is 0 Å². The van der Waals surface area contributed by atoms with Gasteiger partial charge in [0, 0.05) is 30.2 Å². The highest BCUT2D eigenvalue weighted by atomic mass is 35.5. The van der Waals surface area contributed by atoms with Gasteiger partial charge in [0.05, 0.1) is 18.6 Å². The van der Waals surface area contributed by atoms with Gasteiger partial charge in [0.25, 0.3) is 0 Å². The van der Waals surface area contributed by atoms with E-state index in [4.69, 9.17) is 11.6 Å². The van der Waals surface area contributed by atoms with E-state index in [1.165, 1.54) is 11.4 Å². The van der Waals surface area contributed by atoms with Gasteiger partial charge in [-0.25, -0.2) is 4.98 Å². The van der Waals surface area contributed by atoms with Gasteiger partial charge >= 0.3 is 0 Å². The van der Waals surface area contributed by atoms with E-state index in [0.29, 0.717) is 0 Å². The summed E-state index contributed by atoms with van der Waals surface area (Å²) >= 11 is 6.18. The summed E-state index contributed by atoms with van der Waals surface area (Å²) in [5.74, 6) is 0. The molecule has 2 heterocycles. The third-order valence-electron chi connectivity index (χ3n) is 3.16. The number of nitrogens with zero attached hydrogens (tertiary/aromatic N) is 2. The Morgan fingerprint density at radius 2 is 2.24 bits per heavy atom. The summed E-state index contributed by atoms with van der Waals surface area (Å²) in [5, 5.41) is 4.15. The zero-order chi connectivity index (χ0) is 11.7. The predicted octanol–water partition coefficient (Wildman–Crippen LogP) is 2.23. The Hall–Kier alpha value is -1.32. The first-order valence-corrected chi connectivity index (χ1v) is 6.19. The maximum Gasteiger partial charge on any atom is 0.0955 e. The van der Waals surface area contributed by atoms with Gasteiger partial charge in [-0.3, -0.25) is 0 Å². The van der Waals surface area contributed by atoms with Crippen molar-refractivity contribution in [2.75, 3.05) is 6.54 Å². The van der Waals surface area contributed by atoms with Crippen LogP contribution in [0.2, 0.25) is 5.02 Å². The largest absolute Gasteiger partial charge is 0.330 e. The van der Waals surface area contributed by atoms with Crippen LogP contribution < -0.4 is 5.32 Å². The fraction of sp³-hybridized carbons (Fsp3) is 0.308. The Kier molecular flexibility index (Phi) is 2.87. The van der Waals surface area contributed by atoms with Crippen molar-refractivity contribution in [2.45, 2.75) is 19.5 Å². The molecule has 1 aliphatic rings. The number of benzene rings is 1. The van der Waals surface area contributed by atoms with Gasteiger partial charge in [-0.1, -0.05) is 29.8 Å². The molecule has 0 aliphatic carbocycles. The molecular formula is C13H14ClN3. The average Bonchev–Trinajstić information content (AvgIpc) is 2.76. The molecule has 0 fully saturated rings. The molecule has 1 aromatic heterocycles. The molecule has 0 atom stereocenters. The monoisotopic (exact) mass is 247 g/mol. The smallest absolute Gasteiger partial charge is 0.0955 e. The number of imidazole rings is 1. The van der Waals surface area contributed by atoms with E-state index in [9.17, 15) is 0 Å². The van der Waals surface area contributed by atoms with Crippen molar-refractivity contribution in [1.29, 1.82) is 0 Å². The summed E-state index contributed by atoms with van der Waals surface area (Å²) in [5.41, 5.74) is 3.65. The quantitative estimate of drug-likeness (QED) is 0.882. The molecule has 4 heteroatoms. The molecule has 3 nitrogen and oxygen atoms in total. The zero-order valence-corrected chi connectivity index (χ0v) is 10.2. The number of rotatable bonds is 2. The van der Waals surface area contributed by atoms with E-state index in [0.717, 1.165) is 36.6 Å². The van der Waals surface area contributed by atoms with Crippen LogP contribution in [0.5, 0.6) is 0 Å². The van der Waals surface area contributed by atoms with Gasteiger partial charge < -0.3 is 9.88 Å². The number of nitrogens with one attached hydrogen (secondary N) is 1. The standard InChI is InChI=1S/C13H14ClN3/c14-11-4-2-1-3-10(11)8-17-9-16-12-7-15-6-5-13(12)17/h1-4,9,15H,5-8H2. The Bertz CT molecular complexity index is 533. The average molecular weight is 248 g/mol. The van der Waals surface area contributed by atoms with Gasteiger partial charge in [-0.2, -0.15) is 0 Å². The van der Waals surface area contributed by atoms with Crippen molar-refractivity contribution >= 4 is 11.6 Å². The second kappa shape index (κ2) is 4.51. The van der Waals surface area contributed by atoms with Crippen molar-refractivity contribution in [2.24, 2.45) is 0 Å². The highest BCUT2D eigenvalue weighted by Crippen LogP contribution is 2.19. The highest BCUT2D eigenvalue weighted by Gasteiger charge is 2.15. The molecule has 2 aromatic rings. The maximum atomic E-state index is 6.18. The molecule has 17 heavy (non-hydrogen) atoms. The molecule has 0 amide bonds. The summed E-state index contributed by atoms with van der Waals surface area (Å²) in [6.07, 6.45) is 2.96. The molecule has 0 saturated heterocycles. The molecule has 0 unspecified atom stereocenters. The lowest BCUT2D eigenvalue weighted by Gasteiger charge is -2.15. The lowest BCUT2D eigenvalue weighted by molar-refractivity contribution is 0.602. The molecule has 0 saturated carbocycles. The fourth-order valence-electron chi connectivity index (χ4n) is 2.24. The molecular weight excluding hydrogens is 234 g/mol. The SMILES string of the molecule is Clc1ccccc1Cn1cnc2c1CCNC2. The van der Waals surface area contributed by atoms with Crippen LogP contribution >= 0.6 is 11.6 Å². The number of hydrogen-bond acceptors (Lipinski definition) is 2. The minimum atomic E-state index is 0.808. The Morgan fingerprint density at radius 1 is 1.35 bits per heavy atom. The van der Waals surface area contributed by atoms with Crippen LogP contribution in [0.4, 0.5) is 0 Å². The molecule has 1 aliphatic heterocycles. The van der Waals surface area contributed by atoms with Gasteiger partial charge in [-0.15, -0.1) is 0 Å². The summed E-state index contributed by atoms with van der Waals surface area (Å²) < 4.78 is 2.21. The molecule has 1 aromatic carbocycles. The zero-order valence-electron chi connectivity index (χ0n) is 9.49. The molecule has 0 bridgehead atoms. The van der Waals surface area contributed by atoms with E-state index in [1.807, 2.05) is 24.5 Å². The normalized spacial score (nSPS) is 14.6. The lowest BCUT2D eigenvalue weighted by Crippen LogP contribution is -2.25. The van der Waals surface area contributed by atoms with Crippen LogP contribution in [0.1, 0.15) is 17.0 Å².